The van der Waals surface area contributed by atoms with Crippen molar-refractivity contribution in [2.45, 2.75) is 0 Å². The van der Waals surface area contributed by atoms with Gasteiger partial charge in [-0.05, 0) is 34.2 Å². The van der Waals surface area contributed by atoms with Crippen molar-refractivity contribution in [1.29, 1.82) is 0 Å². The number of halogens is 1. The van der Waals surface area contributed by atoms with Gasteiger partial charge in [-0.2, -0.15) is 0 Å². The fraction of sp³-hybridized carbons (Fsp3) is 0. The van der Waals surface area contributed by atoms with Crippen molar-refractivity contribution in [3.05, 3.63) is 63.1 Å². The lowest BCUT2D eigenvalue weighted by Gasteiger charge is -2.00. The first kappa shape index (κ1) is 8.58. The van der Waals surface area contributed by atoms with E-state index in [9.17, 15) is 0 Å². The summed E-state index contributed by atoms with van der Waals surface area (Å²) >= 11 is 2.28. The van der Waals surface area contributed by atoms with E-state index in [-0.39, 0.29) is 0 Å². The lowest BCUT2D eigenvalue weighted by molar-refractivity contribution is 1.62. The molecule has 0 spiro atoms. The number of benzene rings is 1. The molecule has 1 aliphatic rings. The van der Waals surface area contributed by atoms with E-state index in [1.54, 1.807) is 0 Å². The van der Waals surface area contributed by atoms with E-state index in [1.807, 2.05) is 24.3 Å². The van der Waals surface area contributed by atoms with Gasteiger partial charge in [0, 0.05) is 15.2 Å². The molecule has 0 amide bonds. The maximum atomic E-state index is 3.10. The van der Waals surface area contributed by atoms with E-state index < -0.39 is 0 Å². The lowest BCUT2D eigenvalue weighted by atomic mass is 10.1. The highest BCUT2D eigenvalue weighted by Gasteiger charge is 1.98. The van der Waals surface area contributed by atoms with Crippen LogP contribution in [0.25, 0.3) is 5.57 Å². The van der Waals surface area contributed by atoms with Crippen LogP contribution in [0.5, 0.6) is 0 Å². The van der Waals surface area contributed by atoms with Gasteiger partial charge in [0.1, 0.15) is 0 Å². The van der Waals surface area contributed by atoms with Crippen LogP contribution in [0, 0.1) is 0 Å². The zero-order valence-electron chi connectivity index (χ0n) is 6.92. The topological polar surface area (TPSA) is 0 Å². The summed E-state index contributed by atoms with van der Waals surface area (Å²) in [7, 11) is 0. The first-order valence-electron chi connectivity index (χ1n) is 4.00. The molecule has 0 aliphatic heterocycles. The Morgan fingerprint density at radius 1 is 1.08 bits per heavy atom. The third-order valence-corrected chi connectivity index (χ3v) is 2.41. The monoisotopic (exact) mass is 278 g/mol. The number of hydrogen-bond acceptors (Lipinski definition) is 0. The van der Waals surface area contributed by atoms with Crippen molar-refractivity contribution < 1.29 is 0 Å². The lowest BCUT2D eigenvalue weighted by Crippen LogP contribution is -1.80. The van der Waals surface area contributed by atoms with Crippen LogP contribution >= 0.6 is 22.6 Å². The van der Waals surface area contributed by atoms with Crippen LogP contribution < -0.4 is 0 Å². The Kier molecular flexibility index (Phi) is 2.51. The first-order chi connectivity index (χ1) is 6.36. The SMILES string of the molecule is IC1=CC(c2ccccc2)=C=C=C1. The van der Waals surface area contributed by atoms with E-state index in [2.05, 4.69) is 52.3 Å². The molecule has 62 valence electrons. The largest absolute Gasteiger partial charge is 0.0685 e. The Bertz CT molecular complexity index is 439. The van der Waals surface area contributed by atoms with Crippen LogP contribution in [-0.2, 0) is 0 Å². The molecule has 0 saturated carbocycles. The van der Waals surface area contributed by atoms with E-state index in [0.717, 1.165) is 5.57 Å². The van der Waals surface area contributed by atoms with Gasteiger partial charge in [-0.15, -0.1) is 0 Å². The molecule has 0 unspecified atom stereocenters. The van der Waals surface area contributed by atoms with Gasteiger partial charge in [0.15, 0.2) is 0 Å². The van der Waals surface area contributed by atoms with Crippen molar-refractivity contribution in [3.8, 4) is 0 Å². The molecule has 0 bridgehead atoms. The van der Waals surface area contributed by atoms with E-state index in [1.165, 1.54) is 9.14 Å². The summed E-state index contributed by atoms with van der Waals surface area (Å²) < 4.78 is 1.19. The molecule has 1 aliphatic carbocycles. The molecule has 1 aromatic rings. The highest BCUT2D eigenvalue weighted by molar-refractivity contribution is 14.1. The van der Waals surface area contributed by atoms with Crippen molar-refractivity contribution in [2.24, 2.45) is 0 Å². The van der Waals surface area contributed by atoms with Gasteiger partial charge in [-0.1, -0.05) is 41.8 Å². The van der Waals surface area contributed by atoms with Crippen molar-refractivity contribution >= 4 is 28.2 Å². The van der Waals surface area contributed by atoms with E-state index in [4.69, 9.17) is 0 Å². The van der Waals surface area contributed by atoms with Crippen LogP contribution in [0.15, 0.2) is 57.5 Å². The number of allylic oxidation sites excluding steroid dienone is 4. The fourth-order valence-corrected chi connectivity index (χ4v) is 1.64. The highest BCUT2D eigenvalue weighted by atomic mass is 127. The Labute approximate surface area is 91.1 Å². The summed E-state index contributed by atoms with van der Waals surface area (Å²) in [5.41, 5.74) is 8.39. The standard InChI is InChI=1S/C12H7I/c13-12-8-4-7-11(9-12)10-5-2-1-3-6-10/h1-3,5-6,8-9H. The average molecular weight is 278 g/mol. The molecule has 1 heteroatoms. The maximum Gasteiger partial charge on any atom is 0.0331 e. The Hall–Kier alpha value is -1.01. The van der Waals surface area contributed by atoms with Crippen LogP contribution in [0.1, 0.15) is 5.56 Å². The molecular formula is C12H7I. The summed E-state index contributed by atoms with van der Waals surface area (Å²) in [6, 6.07) is 10.2. The molecule has 0 atom stereocenters. The van der Waals surface area contributed by atoms with Gasteiger partial charge in [0.25, 0.3) is 0 Å². The molecule has 2 rings (SSSR count). The summed E-state index contributed by atoms with van der Waals surface area (Å²) in [5, 5.41) is 0. The summed E-state index contributed by atoms with van der Waals surface area (Å²) in [4.78, 5) is 0. The van der Waals surface area contributed by atoms with Gasteiger partial charge in [0.2, 0.25) is 0 Å². The molecular weight excluding hydrogens is 271 g/mol. The second-order valence-electron chi connectivity index (χ2n) is 2.72. The van der Waals surface area contributed by atoms with Crippen LogP contribution in [0.2, 0.25) is 0 Å². The minimum atomic E-state index is 1.10. The van der Waals surface area contributed by atoms with Crippen LogP contribution in [0.3, 0.4) is 0 Å². The number of rotatable bonds is 1. The Morgan fingerprint density at radius 3 is 2.54 bits per heavy atom. The van der Waals surface area contributed by atoms with Crippen molar-refractivity contribution in [2.75, 3.05) is 0 Å². The average Bonchev–Trinajstić information content (AvgIpc) is 2.19. The molecule has 0 radical (unpaired) electrons. The summed E-state index contributed by atoms with van der Waals surface area (Å²) in [6.45, 7) is 0. The quantitative estimate of drug-likeness (QED) is 0.542. The van der Waals surface area contributed by atoms with Gasteiger partial charge < -0.3 is 0 Å². The minimum absolute atomic E-state index is 1.10. The highest BCUT2D eigenvalue weighted by Crippen LogP contribution is 2.21. The first-order valence-corrected chi connectivity index (χ1v) is 5.08. The second-order valence-corrected chi connectivity index (χ2v) is 3.97. The third kappa shape index (κ3) is 2.02. The minimum Gasteiger partial charge on any atom is -0.0685 e. The number of hydrogen-bond donors (Lipinski definition) is 0. The molecule has 13 heavy (non-hydrogen) atoms. The van der Waals surface area contributed by atoms with E-state index in [0.29, 0.717) is 0 Å². The van der Waals surface area contributed by atoms with Gasteiger partial charge in [-0.3, -0.25) is 0 Å². The molecule has 0 N–H and O–H groups in total. The predicted molar refractivity (Wildman–Crippen MR) is 63.5 cm³/mol. The normalized spacial score (nSPS) is 13.9. The molecule has 0 aromatic heterocycles. The van der Waals surface area contributed by atoms with Gasteiger partial charge in [0.05, 0.1) is 0 Å². The fourth-order valence-electron chi connectivity index (χ4n) is 1.17. The summed E-state index contributed by atoms with van der Waals surface area (Å²) in [5.74, 6) is 0. The molecule has 0 saturated heterocycles. The van der Waals surface area contributed by atoms with E-state index >= 15 is 0 Å². The molecule has 0 fully saturated rings. The molecule has 0 nitrogen and oxygen atoms in total. The predicted octanol–water partition coefficient (Wildman–Crippen LogP) is 3.71. The third-order valence-electron chi connectivity index (χ3n) is 1.78. The Morgan fingerprint density at radius 2 is 1.85 bits per heavy atom. The zero-order valence-corrected chi connectivity index (χ0v) is 9.08. The van der Waals surface area contributed by atoms with Crippen molar-refractivity contribution in [1.82, 2.24) is 0 Å². The summed E-state index contributed by atoms with van der Waals surface area (Å²) in [6.07, 6.45) is 4.03. The van der Waals surface area contributed by atoms with Crippen molar-refractivity contribution in [3.63, 3.8) is 0 Å². The maximum absolute atomic E-state index is 3.10. The smallest absolute Gasteiger partial charge is 0.0331 e. The van der Waals surface area contributed by atoms with Gasteiger partial charge in [-0.25, -0.2) is 0 Å². The second kappa shape index (κ2) is 3.80. The van der Waals surface area contributed by atoms with Gasteiger partial charge >= 0.3 is 0 Å². The van der Waals surface area contributed by atoms with Crippen LogP contribution in [0.4, 0.5) is 0 Å². The molecule has 0 heterocycles. The Balaban J connectivity index is 2.51. The zero-order chi connectivity index (χ0) is 9.10. The van der Waals surface area contributed by atoms with Crippen LogP contribution in [-0.4, -0.2) is 0 Å². The molecule has 1 aromatic carbocycles.